The molecule has 0 saturated carbocycles. The van der Waals surface area contributed by atoms with Crippen molar-refractivity contribution < 1.29 is 8.42 Å². The Morgan fingerprint density at radius 1 is 1.19 bits per heavy atom. The maximum absolute atomic E-state index is 12.8. The van der Waals surface area contributed by atoms with Gasteiger partial charge in [0.1, 0.15) is 5.84 Å². The molecule has 2 rings (SSSR count). The third-order valence-corrected chi connectivity index (χ3v) is 6.00. The minimum absolute atomic E-state index is 0.0688. The summed E-state index contributed by atoms with van der Waals surface area (Å²) in [4.78, 5) is 0.358. The van der Waals surface area contributed by atoms with E-state index >= 15 is 0 Å². The fourth-order valence-electron chi connectivity index (χ4n) is 2.29. The number of benzene rings is 1. The van der Waals surface area contributed by atoms with Gasteiger partial charge in [0.15, 0.2) is 9.84 Å². The van der Waals surface area contributed by atoms with E-state index in [1.54, 1.807) is 30.7 Å². The van der Waals surface area contributed by atoms with Gasteiger partial charge in [-0.1, -0.05) is 24.3 Å². The SMILES string of the molecule is Cc1ccc(S(=O)(=O)C2[CH]C=C(C(=N)N)C=C2)c(C)c1C. The first kappa shape index (κ1) is 15.5. The van der Waals surface area contributed by atoms with Crippen LogP contribution in [-0.4, -0.2) is 19.5 Å². The summed E-state index contributed by atoms with van der Waals surface area (Å²) in [7, 11) is -3.48. The Bertz CT molecular complexity index is 759. The van der Waals surface area contributed by atoms with Gasteiger partial charge in [-0.3, -0.25) is 5.41 Å². The standard InChI is InChI=1S/C16H19N2O2S/c1-10-4-9-15(12(3)11(10)2)21(19,20)14-7-5-13(6-8-14)16(17)18/h4-9,14H,1-3H3,(H3,17,18). The number of allylic oxidation sites excluding steroid dienone is 1. The Morgan fingerprint density at radius 3 is 2.38 bits per heavy atom. The monoisotopic (exact) mass is 303 g/mol. The summed E-state index contributed by atoms with van der Waals surface area (Å²) in [5, 5.41) is 6.63. The van der Waals surface area contributed by atoms with Gasteiger partial charge in [-0.05, 0) is 43.5 Å². The van der Waals surface area contributed by atoms with Gasteiger partial charge in [-0.25, -0.2) is 8.42 Å². The number of sulfone groups is 1. The lowest BCUT2D eigenvalue weighted by molar-refractivity contribution is 0.592. The number of nitrogens with one attached hydrogen (secondary N) is 1. The molecule has 1 aromatic rings. The maximum atomic E-state index is 12.8. The second-order valence-corrected chi connectivity index (χ2v) is 7.30. The fourth-order valence-corrected chi connectivity index (χ4v) is 3.99. The largest absolute Gasteiger partial charge is 0.384 e. The van der Waals surface area contributed by atoms with Gasteiger partial charge >= 0.3 is 0 Å². The molecule has 1 unspecified atom stereocenters. The average Bonchev–Trinajstić information content (AvgIpc) is 2.44. The smallest absolute Gasteiger partial charge is 0.185 e. The van der Waals surface area contributed by atoms with Crippen LogP contribution < -0.4 is 5.73 Å². The van der Waals surface area contributed by atoms with Crippen LogP contribution in [-0.2, 0) is 9.84 Å². The molecule has 5 heteroatoms. The van der Waals surface area contributed by atoms with Gasteiger partial charge in [-0.15, -0.1) is 0 Å². The number of hydrogen-bond acceptors (Lipinski definition) is 3. The molecule has 0 aromatic heterocycles. The first-order valence-electron chi connectivity index (χ1n) is 6.63. The van der Waals surface area contributed by atoms with Crippen LogP contribution in [0.15, 0.2) is 40.8 Å². The fraction of sp³-hybridized carbons (Fsp3) is 0.250. The normalized spacial score (nSPS) is 18.4. The van der Waals surface area contributed by atoms with Gasteiger partial charge in [0.2, 0.25) is 0 Å². The molecule has 0 amide bonds. The van der Waals surface area contributed by atoms with Crippen molar-refractivity contribution in [3.8, 4) is 0 Å². The minimum Gasteiger partial charge on any atom is -0.384 e. The van der Waals surface area contributed by atoms with Crippen molar-refractivity contribution in [1.82, 2.24) is 0 Å². The van der Waals surface area contributed by atoms with E-state index in [4.69, 9.17) is 11.1 Å². The Hall–Kier alpha value is -1.88. The number of rotatable bonds is 3. The number of hydrogen-bond donors (Lipinski definition) is 2. The summed E-state index contributed by atoms with van der Waals surface area (Å²) in [5.74, 6) is -0.0688. The highest BCUT2D eigenvalue weighted by Gasteiger charge is 2.28. The summed E-state index contributed by atoms with van der Waals surface area (Å²) >= 11 is 0. The predicted octanol–water partition coefficient (Wildman–Crippen LogP) is 2.39. The highest BCUT2D eigenvalue weighted by Crippen LogP contribution is 2.28. The summed E-state index contributed by atoms with van der Waals surface area (Å²) in [6, 6.07) is 3.50. The van der Waals surface area contributed by atoms with E-state index in [2.05, 4.69) is 0 Å². The summed E-state index contributed by atoms with van der Waals surface area (Å²) in [6.45, 7) is 5.73. The molecule has 0 fully saturated rings. The molecule has 1 aliphatic rings. The minimum atomic E-state index is -3.48. The molecule has 0 heterocycles. The molecule has 1 radical (unpaired) electrons. The Labute approximate surface area is 125 Å². The first-order valence-corrected chi connectivity index (χ1v) is 8.18. The molecule has 1 aliphatic carbocycles. The molecule has 3 N–H and O–H groups in total. The molecular weight excluding hydrogens is 284 g/mol. The zero-order valence-corrected chi connectivity index (χ0v) is 13.2. The zero-order valence-electron chi connectivity index (χ0n) is 12.3. The zero-order chi connectivity index (χ0) is 15.8. The van der Waals surface area contributed by atoms with Crippen LogP contribution in [0, 0.1) is 32.6 Å². The molecule has 0 bridgehead atoms. The van der Waals surface area contributed by atoms with E-state index in [0.717, 1.165) is 16.7 Å². The summed E-state index contributed by atoms with van der Waals surface area (Å²) < 4.78 is 25.5. The number of amidine groups is 1. The Morgan fingerprint density at radius 2 is 1.86 bits per heavy atom. The van der Waals surface area contributed by atoms with Crippen molar-refractivity contribution in [2.24, 2.45) is 5.73 Å². The van der Waals surface area contributed by atoms with Crippen molar-refractivity contribution in [1.29, 1.82) is 5.41 Å². The van der Waals surface area contributed by atoms with Gasteiger partial charge < -0.3 is 5.73 Å². The van der Waals surface area contributed by atoms with Crippen molar-refractivity contribution in [3.63, 3.8) is 0 Å². The lowest BCUT2D eigenvalue weighted by Gasteiger charge is -2.19. The second-order valence-electron chi connectivity index (χ2n) is 5.23. The quantitative estimate of drug-likeness (QED) is 0.664. The molecule has 0 saturated heterocycles. The van der Waals surface area contributed by atoms with E-state index in [-0.39, 0.29) is 5.84 Å². The van der Waals surface area contributed by atoms with Gasteiger partial charge in [0.25, 0.3) is 0 Å². The van der Waals surface area contributed by atoms with E-state index < -0.39 is 15.1 Å². The van der Waals surface area contributed by atoms with Crippen LogP contribution in [0.1, 0.15) is 16.7 Å². The summed E-state index contributed by atoms with van der Waals surface area (Å²) in [5.41, 5.74) is 8.78. The second kappa shape index (κ2) is 5.48. The van der Waals surface area contributed by atoms with Crippen LogP contribution in [0.5, 0.6) is 0 Å². The highest BCUT2D eigenvalue weighted by molar-refractivity contribution is 7.92. The third kappa shape index (κ3) is 2.78. The van der Waals surface area contributed by atoms with Crippen molar-refractivity contribution in [2.45, 2.75) is 30.9 Å². The molecule has 4 nitrogen and oxygen atoms in total. The van der Waals surface area contributed by atoms with Crippen LogP contribution in [0.2, 0.25) is 0 Å². The van der Waals surface area contributed by atoms with Crippen LogP contribution >= 0.6 is 0 Å². The molecule has 1 aromatic carbocycles. The molecule has 0 aliphatic heterocycles. The van der Waals surface area contributed by atoms with Gasteiger partial charge in [0, 0.05) is 12.0 Å². The molecule has 0 spiro atoms. The van der Waals surface area contributed by atoms with Gasteiger partial charge in [0.05, 0.1) is 10.1 Å². The van der Waals surface area contributed by atoms with E-state index in [0.29, 0.717) is 10.5 Å². The maximum Gasteiger partial charge on any atom is 0.185 e. The Kier molecular flexibility index (Phi) is 4.05. The summed E-state index contributed by atoms with van der Waals surface area (Å²) in [6.07, 6.45) is 6.31. The molecule has 1 atom stereocenters. The Balaban J connectivity index is 2.40. The van der Waals surface area contributed by atoms with E-state index in [1.165, 1.54) is 0 Å². The van der Waals surface area contributed by atoms with Gasteiger partial charge in [-0.2, -0.15) is 0 Å². The van der Waals surface area contributed by atoms with Crippen molar-refractivity contribution in [2.75, 3.05) is 0 Å². The third-order valence-electron chi connectivity index (χ3n) is 3.92. The average molecular weight is 303 g/mol. The van der Waals surface area contributed by atoms with Crippen molar-refractivity contribution >= 4 is 15.7 Å². The van der Waals surface area contributed by atoms with E-state index in [1.807, 2.05) is 26.8 Å². The van der Waals surface area contributed by atoms with E-state index in [9.17, 15) is 8.42 Å². The number of aryl methyl sites for hydroxylation is 1. The first-order chi connectivity index (χ1) is 9.75. The van der Waals surface area contributed by atoms with Crippen LogP contribution in [0.25, 0.3) is 0 Å². The molecule has 111 valence electrons. The predicted molar refractivity (Wildman–Crippen MR) is 85.1 cm³/mol. The molecular formula is C16H19N2O2S. The van der Waals surface area contributed by atoms with Crippen molar-refractivity contribution in [3.05, 3.63) is 59.0 Å². The lowest BCUT2D eigenvalue weighted by atomic mass is 10.1. The lowest BCUT2D eigenvalue weighted by Crippen LogP contribution is -2.24. The van der Waals surface area contributed by atoms with Crippen LogP contribution in [0.3, 0.4) is 0 Å². The highest BCUT2D eigenvalue weighted by atomic mass is 32.2. The van der Waals surface area contributed by atoms with Crippen LogP contribution in [0.4, 0.5) is 0 Å². The topological polar surface area (TPSA) is 84.0 Å². The molecule has 21 heavy (non-hydrogen) atoms. The number of nitrogens with two attached hydrogens (primary N) is 1.